The molecule has 1 aromatic rings. The smallest absolute Gasteiger partial charge is 0.0657 e. The summed E-state index contributed by atoms with van der Waals surface area (Å²) in [6.45, 7) is 7.88. The van der Waals surface area contributed by atoms with E-state index in [1.807, 2.05) is 11.7 Å². The zero-order valence-electron chi connectivity index (χ0n) is 10.2. The zero-order chi connectivity index (χ0) is 11.1. The first-order valence-electron chi connectivity index (χ1n) is 5.82. The van der Waals surface area contributed by atoms with Crippen molar-refractivity contribution in [1.82, 2.24) is 15.1 Å². The number of aryl methyl sites for hydroxylation is 2. The normalized spacial score (nSPS) is 24.7. The van der Waals surface area contributed by atoms with Gasteiger partial charge in [-0.3, -0.25) is 4.68 Å². The SMILES string of the molecule is CCc1nn(C)cc1C1CCNC1(C)C. The second kappa shape index (κ2) is 3.63. The van der Waals surface area contributed by atoms with Crippen LogP contribution in [0.25, 0.3) is 0 Å². The van der Waals surface area contributed by atoms with Crippen LogP contribution in [0, 0.1) is 0 Å². The van der Waals surface area contributed by atoms with E-state index in [0.717, 1.165) is 13.0 Å². The lowest BCUT2D eigenvalue weighted by Gasteiger charge is -2.27. The Balaban J connectivity index is 2.36. The molecule has 1 aliphatic rings. The van der Waals surface area contributed by atoms with E-state index < -0.39 is 0 Å². The van der Waals surface area contributed by atoms with Gasteiger partial charge in [0, 0.05) is 24.7 Å². The van der Waals surface area contributed by atoms with Crippen molar-refractivity contribution in [2.45, 2.75) is 45.1 Å². The van der Waals surface area contributed by atoms with Gasteiger partial charge in [-0.05, 0) is 38.8 Å². The maximum Gasteiger partial charge on any atom is 0.0657 e. The molecule has 2 heterocycles. The Morgan fingerprint density at radius 3 is 2.87 bits per heavy atom. The number of nitrogens with one attached hydrogen (secondary N) is 1. The highest BCUT2D eigenvalue weighted by atomic mass is 15.3. The molecule has 2 rings (SSSR count). The van der Waals surface area contributed by atoms with Crippen LogP contribution in [-0.2, 0) is 13.5 Å². The van der Waals surface area contributed by atoms with E-state index in [1.54, 1.807) is 0 Å². The molecule has 1 aliphatic heterocycles. The second-order valence-corrected chi connectivity index (χ2v) is 5.05. The van der Waals surface area contributed by atoms with Crippen LogP contribution in [0.4, 0.5) is 0 Å². The van der Waals surface area contributed by atoms with Gasteiger partial charge in [0.2, 0.25) is 0 Å². The van der Waals surface area contributed by atoms with Crippen LogP contribution in [0.2, 0.25) is 0 Å². The maximum atomic E-state index is 4.53. The molecule has 0 amide bonds. The molecule has 0 saturated carbocycles. The van der Waals surface area contributed by atoms with Crippen LogP contribution in [-0.4, -0.2) is 21.9 Å². The first kappa shape index (κ1) is 10.7. The summed E-state index contributed by atoms with van der Waals surface area (Å²) in [7, 11) is 2.01. The quantitative estimate of drug-likeness (QED) is 0.802. The molecule has 1 atom stereocenters. The van der Waals surface area contributed by atoms with Crippen LogP contribution >= 0.6 is 0 Å². The van der Waals surface area contributed by atoms with E-state index in [0.29, 0.717) is 5.92 Å². The fourth-order valence-electron chi connectivity index (χ4n) is 2.69. The Morgan fingerprint density at radius 2 is 2.33 bits per heavy atom. The van der Waals surface area contributed by atoms with Gasteiger partial charge in [0.15, 0.2) is 0 Å². The van der Waals surface area contributed by atoms with Crippen LogP contribution in [0.3, 0.4) is 0 Å². The summed E-state index contributed by atoms with van der Waals surface area (Å²) >= 11 is 0. The molecule has 1 N–H and O–H groups in total. The van der Waals surface area contributed by atoms with Crippen molar-refractivity contribution in [1.29, 1.82) is 0 Å². The van der Waals surface area contributed by atoms with Gasteiger partial charge < -0.3 is 5.32 Å². The molecule has 0 aliphatic carbocycles. The molecular formula is C12H21N3. The maximum absolute atomic E-state index is 4.53. The van der Waals surface area contributed by atoms with E-state index in [4.69, 9.17) is 0 Å². The highest BCUT2D eigenvalue weighted by Gasteiger charge is 2.36. The van der Waals surface area contributed by atoms with Crippen LogP contribution < -0.4 is 5.32 Å². The summed E-state index contributed by atoms with van der Waals surface area (Å²) in [5.41, 5.74) is 2.92. The standard InChI is InChI=1S/C12H21N3/c1-5-11-9(8-15(4)14-11)10-6-7-13-12(10,2)3/h8,10,13H,5-7H2,1-4H3. The summed E-state index contributed by atoms with van der Waals surface area (Å²) in [5, 5.41) is 8.10. The van der Waals surface area contributed by atoms with Crippen molar-refractivity contribution in [2.75, 3.05) is 6.54 Å². The van der Waals surface area contributed by atoms with Gasteiger partial charge in [0.05, 0.1) is 5.69 Å². The largest absolute Gasteiger partial charge is 0.311 e. The minimum absolute atomic E-state index is 0.215. The molecule has 0 bridgehead atoms. The van der Waals surface area contributed by atoms with Gasteiger partial charge in [-0.25, -0.2) is 0 Å². The Morgan fingerprint density at radius 1 is 1.60 bits per heavy atom. The molecule has 1 unspecified atom stereocenters. The Bertz CT molecular complexity index is 352. The molecule has 3 nitrogen and oxygen atoms in total. The van der Waals surface area contributed by atoms with Crippen molar-refractivity contribution in [2.24, 2.45) is 7.05 Å². The average molecular weight is 207 g/mol. The summed E-state index contributed by atoms with van der Waals surface area (Å²) in [6, 6.07) is 0. The van der Waals surface area contributed by atoms with Crippen LogP contribution in [0.15, 0.2) is 6.20 Å². The Hall–Kier alpha value is -0.830. The van der Waals surface area contributed by atoms with Crippen molar-refractivity contribution in [3.63, 3.8) is 0 Å². The van der Waals surface area contributed by atoms with Gasteiger partial charge in [0.25, 0.3) is 0 Å². The molecular weight excluding hydrogens is 186 g/mol. The zero-order valence-corrected chi connectivity index (χ0v) is 10.2. The molecule has 84 valence electrons. The summed E-state index contributed by atoms with van der Waals surface area (Å²) in [5.74, 6) is 0.612. The topological polar surface area (TPSA) is 29.9 Å². The fraction of sp³-hybridized carbons (Fsp3) is 0.750. The van der Waals surface area contributed by atoms with E-state index >= 15 is 0 Å². The van der Waals surface area contributed by atoms with E-state index in [-0.39, 0.29) is 5.54 Å². The number of hydrogen-bond donors (Lipinski definition) is 1. The summed E-state index contributed by atoms with van der Waals surface area (Å²) in [4.78, 5) is 0. The molecule has 1 fully saturated rings. The van der Waals surface area contributed by atoms with Crippen LogP contribution in [0.5, 0.6) is 0 Å². The number of aromatic nitrogens is 2. The van der Waals surface area contributed by atoms with Crippen molar-refractivity contribution >= 4 is 0 Å². The van der Waals surface area contributed by atoms with Crippen molar-refractivity contribution in [3.8, 4) is 0 Å². The lowest BCUT2D eigenvalue weighted by molar-refractivity contribution is 0.409. The highest BCUT2D eigenvalue weighted by molar-refractivity contribution is 5.27. The third-order valence-corrected chi connectivity index (χ3v) is 3.53. The van der Waals surface area contributed by atoms with Crippen molar-refractivity contribution < 1.29 is 0 Å². The molecule has 15 heavy (non-hydrogen) atoms. The van der Waals surface area contributed by atoms with Gasteiger partial charge >= 0.3 is 0 Å². The number of hydrogen-bond acceptors (Lipinski definition) is 2. The van der Waals surface area contributed by atoms with E-state index in [2.05, 4.69) is 37.4 Å². The Labute approximate surface area is 91.9 Å². The number of rotatable bonds is 2. The third kappa shape index (κ3) is 1.81. The summed E-state index contributed by atoms with van der Waals surface area (Å²) < 4.78 is 1.95. The lowest BCUT2D eigenvalue weighted by atomic mass is 9.83. The van der Waals surface area contributed by atoms with E-state index in [9.17, 15) is 0 Å². The molecule has 1 saturated heterocycles. The van der Waals surface area contributed by atoms with Crippen LogP contribution in [0.1, 0.15) is 44.4 Å². The monoisotopic (exact) mass is 207 g/mol. The molecule has 1 aromatic heterocycles. The third-order valence-electron chi connectivity index (χ3n) is 3.53. The predicted molar refractivity (Wildman–Crippen MR) is 62.0 cm³/mol. The first-order valence-corrected chi connectivity index (χ1v) is 5.82. The average Bonchev–Trinajstić information content (AvgIpc) is 2.68. The Kier molecular flexibility index (Phi) is 2.59. The van der Waals surface area contributed by atoms with Gasteiger partial charge in [-0.15, -0.1) is 0 Å². The molecule has 0 aromatic carbocycles. The minimum atomic E-state index is 0.215. The fourth-order valence-corrected chi connectivity index (χ4v) is 2.69. The molecule has 0 radical (unpaired) electrons. The summed E-state index contributed by atoms with van der Waals surface area (Å²) in [6.07, 6.45) is 4.45. The van der Waals surface area contributed by atoms with E-state index in [1.165, 1.54) is 17.7 Å². The van der Waals surface area contributed by atoms with Crippen molar-refractivity contribution in [3.05, 3.63) is 17.5 Å². The highest BCUT2D eigenvalue weighted by Crippen LogP contribution is 2.36. The number of nitrogens with zero attached hydrogens (tertiary/aromatic N) is 2. The first-order chi connectivity index (χ1) is 7.04. The second-order valence-electron chi connectivity index (χ2n) is 5.05. The van der Waals surface area contributed by atoms with Gasteiger partial charge in [0.1, 0.15) is 0 Å². The lowest BCUT2D eigenvalue weighted by Crippen LogP contribution is -2.37. The van der Waals surface area contributed by atoms with Gasteiger partial charge in [-0.1, -0.05) is 6.92 Å². The predicted octanol–water partition coefficient (Wildman–Crippen LogP) is 1.84. The minimum Gasteiger partial charge on any atom is -0.311 e. The molecule has 3 heteroatoms. The molecule has 0 spiro atoms. The van der Waals surface area contributed by atoms with Gasteiger partial charge in [-0.2, -0.15) is 5.10 Å².